The first-order chi connectivity index (χ1) is 14.1. The zero-order chi connectivity index (χ0) is 20.2. The summed E-state index contributed by atoms with van der Waals surface area (Å²) in [4.78, 5) is 23.9. The molecule has 0 spiro atoms. The van der Waals surface area contributed by atoms with Gasteiger partial charge in [-0.1, -0.05) is 42.5 Å². The fraction of sp³-hybridized carbons (Fsp3) is 0.130. The summed E-state index contributed by atoms with van der Waals surface area (Å²) in [6.07, 6.45) is -0.537. The van der Waals surface area contributed by atoms with Crippen LogP contribution in [0.3, 0.4) is 0 Å². The molecule has 29 heavy (non-hydrogen) atoms. The topological polar surface area (TPSA) is 76.7 Å². The van der Waals surface area contributed by atoms with E-state index in [-0.39, 0.29) is 18.4 Å². The van der Waals surface area contributed by atoms with Crippen molar-refractivity contribution in [3.63, 3.8) is 0 Å². The number of nitrogens with one attached hydrogen (secondary N) is 2. The highest BCUT2D eigenvalue weighted by Gasteiger charge is 2.23. The average Bonchev–Trinajstić information content (AvgIpc) is 2.74. The van der Waals surface area contributed by atoms with Crippen molar-refractivity contribution in [3.05, 3.63) is 72.8 Å². The third kappa shape index (κ3) is 4.38. The lowest BCUT2D eigenvalue weighted by molar-refractivity contribution is -0.122. The Morgan fingerprint density at radius 3 is 2.52 bits per heavy atom. The number of carbonyl (C=O) groups is 2. The molecular weight excluding hydrogens is 368 g/mol. The molecule has 3 aromatic rings. The smallest absolute Gasteiger partial charge is 0.265 e. The van der Waals surface area contributed by atoms with Gasteiger partial charge in [0.2, 0.25) is 0 Å². The normalized spacial score (nSPS) is 14.9. The van der Waals surface area contributed by atoms with Crippen LogP contribution in [0.2, 0.25) is 0 Å². The molecule has 146 valence electrons. The molecular formula is C23H20N2O4. The number of fused-ring (bicyclic) bond motifs is 1. The van der Waals surface area contributed by atoms with Crippen molar-refractivity contribution in [2.24, 2.45) is 0 Å². The molecule has 1 aliphatic rings. The van der Waals surface area contributed by atoms with E-state index in [1.54, 1.807) is 25.1 Å². The Morgan fingerprint density at radius 2 is 1.76 bits per heavy atom. The monoisotopic (exact) mass is 388 g/mol. The largest absolute Gasteiger partial charge is 0.484 e. The highest BCUT2D eigenvalue weighted by Crippen LogP contribution is 2.32. The van der Waals surface area contributed by atoms with Crippen molar-refractivity contribution in [3.8, 4) is 22.6 Å². The number of amides is 2. The Morgan fingerprint density at radius 1 is 1.03 bits per heavy atom. The summed E-state index contributed by atoms with van der Waals surface area (Å²) >= 11 is 0. The summed E-state index contributed by atoms with van der Waals surface area (Å²) in [5.41, 5.74) is 3.28. The Labute approximate surface area is 168 Å². The van der Waals surface area contributed by atoms with Gasteiger partial charge in [-0.3, -0.25) is 9.59 Å². The van der Waals surface area contributed by atoms with E-state index in [9.17, 15) is 9.59 Å². The molecule has 0 saturated carbocycles. The Hall–Kier alpha value is -3.80. The summed E-state index contributed by atoms with van der Waals surface area (Å²) in [5, 5.41) is 5.51. The molecule has 6 nitrogen and oxygen atoms in total. The average molecular weight is 388 g/mol. The molecule has 4 rings (SSSR count). The second-order valence-corrected chi connectivity index (χ2v) is 6.69. The first kappa shape index (κ1) is 18.6. The lowest BCUT2D eigenvalue weighted by Gasteiger charge is -2.23. The number of anilines is 2. The van der Waals surface area contributed by atoms with Crippen LogP contribution in [-0.4, -0.2) is 24.5 Å². The molecule has 0 radical (unpaired) electrons. The number of ether oxygens (including phenoxy) is 2. The highest BCUT2D eigenvalue weighted by molar-refractivity contribution is 5.99. The minimum absolute atomic E-state index is 0.123. The molecule has 0 fully saturated rings. The van der Waals surface area contributed by atoms with Crippen LogP contribution in [0, 0.1) is 0 Å². The molecule has 2 N–H and O–H groups in total. The van der Waals surface area contributed by atoms with Crippen LogP contribution in [0.5, 0.6) is 11.5 Å². The lowest BCUT2D eigenvalue weighted by Crippen LogP contribution is -2.34. The molecule has 6 heteroatoms. The van der Waals surface area contributed by atoms with Gasteiger partial charge in [0, 0.05) is 5.69 Å². The third-order valence-electron chi connectivity index (χ3n) is 4.53. The van der Waals surface area contributed by atoms with Gasteiger partial charge < -0.3 is 20.1 Å². The van der Waals surface area contributed by atoms with E-state index in [1.165, 1.54) is 0 Å². The standard InChI is InChI=1S/C23H20N2O4/c1-15-23(27)25-20-13-18(9-12-21(20)29-15)24-22(26)14-28-19-10-7-17(8-11-19)16-5-3-2-4-6-16/h2-13,15H,14H2,1H3,(H,24,26)(H,25,27)/t15-/m0/s1. The predicted octanol–water partition coefficient (Wildman–Crippen LogP) is 4.09. The van der Waals surface area contributed by atoms with Gasteiger partial charge in [0.25, 0.3) is 11.8 Å². The summed E-state index contributed by atoms with van der Waals surface area (Å²) < 4.78 is 11.1. The molecule has 0 unspecified atom stereocenters. The van der Waals surface area contributed by atoms with Gasteiger partial charge in [-0.2, -0.15) is 0 Å². The molecule has 1 aliphatic heterocycles. The van der Waals surface area contributed by atoms with Crippen molar-refractivity contribution in [2.75, 3.05) is 17.2 Å². The zero-order valence-corrected chi connectivity index (χ0v) is 15.8. The van der Waals surface area contributed by atoms with Crippen LogP contribution in [0.1, 0.15) is 6.92 Å². The SMILES string of the molecule is C[C@@H]1Oc2ccc(NC(=O)COc3ccc(-c4ccccc4)cc3)cc2NC1=O. The van der Waals surface area contributed by atoms with Crippen LogP contribution >= 0.6 is 0 Å². The van der Waals surface area contributed by atoms with Gasteiger partial charge >= 0.3 is 0 Å². The molecule has 0 bridgehead atoms. The first-order valence-electron chi connectivity index (χ1n) is 9.28. The highest BCUT2D eigenvalue weighted by atomic mass is 16.5. The fourth-order valence-electron chi connectivity index (χ4n) is 3.01. The van der Waals surface area contributed by atoms with E-state index in [0.717, 1.165) is 11.1 Å². The van der Waals surface area contributed by atoms with E-state index in [4.69, 9.17) is 9.47 Å². The lowest BCUT2D eigenvalue weighted by atomic mass is 10.1. The molecule has 1 heterocycles. The van der Waals surface area contributed by atoms with Crippen molar-refractivity contribution in [1.29, 1.82) is 0 Å². The molecule has 2 amide bonds. The van der Waals surface area contributed by atoms with Gasteiger partial charge in [0.1, 0.15) is 11.5 Å². The van der Waals surface area contributed by atoms with Crippen molar-refractivity contribution in [1.82, 2.24) is 0 Å². The minimum atomic E-state index is -0.537. The number of benzene rings is 3. The zero-order valence-electron chi connectivity index (χ0n) is 15.8. The van der Waals surface area contributed by atoms with E-state index in [1.807, 2.05) is 54.6 Å². The Bertz CT molecular complexity index is 1030. The van der Waals surface area contributed by atoms with Crippen molar-refractivity contribution in [2.45, 2.75) is 13.0 Å². The quantitative estimate of drug-likeness (QED) is 0.690. The number of rotatable bonds is 5. The maximum atomic E-state index is 12.2. The van der Waals surface area contributed by atoms with E-state index in [2.05, 4.69) is 10.6 Å². The first-order valence-corrected chi connectivity index (χ1v) is 9.28. The minimum Gasteiger partial charge on any atom is -0.484 e. The van der Waals surface area contributed by atoms with E-state index < -0.39 is 6.10 Å². The Balaban J connectivity index is 1.34. The van der Waals surface area contributed by atoms with Crippen LogP contribution < -0.4 is 20.1 Å². The van der Waals surface area contributed by atoms with Crippen LogP contribution in [0.25, 0.3) is 11.1 Å². The Kier molecular flexibility index (Phi) is 5.16. The van der Waals surface area contributed by atoms with Gasteiger partial charge in [0.15, 0.2) is 12.7 Å². The van der Waals surface area contributed by atoms with Gasteiger partial charge in [-0.15, -0.1) is 0 Å². The summed E-state index contributed by atoms with van der Waals surface area (Å²) in [6.45, 7) is 1.55. The maximum absolute atomic E-state index is 12.2. The molecule has 3 aromatic carbocycles. The predicted molar refractivity (Wildman–Crippen MR) is 111 cm³/mol. The summed E-state index contributed by atoms with van der Waals surface area (Å²) in [6, 6.07) is 22.7. The van der Waals surface area contributed by atoms with Crippen molar-refractivity contribution < 1.29 is 19.1 Å². The van der Waals surface area contributed by atoms with E-state index in [0.29, 0.717) is 22.9 Å². The van der Waals surface area contributed by atoms with Crippen LogP contribution in [0.15, 0.2) is 72.8 Å². The summed E-state index contributed by atoms with van der Waals surface area (Å²) in [5.74, 6) is 0.668. The second-order valence-electron chi connectivity index (χ2n) is 6.69. The van der Waals surface area contributed by atoms with Gasteiger partial charge in [0.05, 0.1) is 5.69 Å². The number of hydrogen-bond acceptors (Lipinski definition) is 4. The molecule has 1 atom stereocenters. The third-order valence-corrected chi connectivity index (χ3v) is 4.53. The summed E-state index contributed by atoms with van der Waals surface area (Å²) in [7, 11) is 0. The molecule has 0 aromatic heterocycles. The molecule has 0 aliphatic carbocycles. The van der Waals surface area contributed by atoms with Crippen molar-refractivity contribution >= 4 is 23.2 Å². The van der Waals surface area contributed by atoms with Gasteiger partial charge in [-0.25, -0.2) is 0 Å². The number of hydrogen-bond donors (Lipinski definition) is 2. The maximum Gasteiger partial charge on any atom is 0.265 e. The van der Waals surface area contributed by atoms with Crippen LogP contribution in [0.4, 0.5) is 11.4 Å². The van der Waals surface area contributed by atoms with Gasteiger partial charge in [-0.05, 0) is 48.4 Å². The molecule has 0 saturated heterocycles. The van der Waals surface area contributed by atoms with Crippen LogP contribution in [-0.2, 0) is 9.59 Å². The number of carbonyl (C=O) groups excluding carboxylic acids is 2. The fourth-order valence-corrected chi connectivity index (χ4v) is 3.01. The second kappa shape index (κ2) is 8.06. The van der Waals surface area contributed by atoms with E-state index >= 15 is 0 Å².